The first kappa shape index (κ1) is 32.1. The number of carbonyl (C=O) groups excluding carboxylic acids is 2. The lowest BCUT2D eigenvalue weighted by molar-refractivity contribution is -0.141. The van der Waals surface area contributed by atoms with Crippen LogP contribution in [0.2, 0.25) is 0 Å². The Morgan fingerprint density at radius 3 is 2.24 bits per heavy atom. The minimum absolute atomic E-state index is 0.0259. The van der Waals surface area contributed by atoms with Gasteiger partial charge in [0.1, 0.15) is 6.04 Å². The number of fused-ring (bicyclic) bond motifs is 2. The molecule has 1 aliphatic heterocycles. The van der Waals surface area contributed by atoms with Gasteiger partial charge in [0, 0.05) is 24.5 Å². The van der Waals surface area contributed by atoms with Crippen molar-refractivity contribution in [1.29, 1.82) is 0 Å². The fraction of sp³-hybridized carbons (Fsp3) is 0.353. The molecule has 0 unspecified atom stereocenters. The van der Waals surface area contributed by atoms with Crippen molar-refractivity contribution >= 4 is 22.6 Å². The van der Waals surface area contributed by atoms with Crippen molar-refractivity contribution in [3.8, 4) is 28.7 Å². The third-order valence-corrected chi connectivity index (χ3v) is 7.52. The summed E-state index contributed by atoms with van der Waals surface area (Å²) in [5.41, 5.74) is 0.640. The van der Waals surface area contributed by atoms with Crippen LogP contribution in [0.5, 0.6) is 28.7 Å². The fourth-order valence-electron chi connectivity index (χ4n) is 5.48. The zero-order chi connectivity index (χ0) is 33.2. The van der Waals surface area contributed by atoms with Crippen molar-refractivity contribution in [1.82, 2.24) is 20.0 Å². The number of benzene rings is 3. The van der Waals surface area contributed by atoms with E-state index >= 15 is 0 Å². The fourth-order valence-corrected chi connectivity index (χ4v) is 5.48. The summed E-state index contributed by atoms with van der Waals surface area (Å²) in [5, 5.41) is 8.50. The molecule has 0 radical (unpaired) electrons. The molecule has 0 aliphatic carbocycles. The Morgan fingerprint density at radius 1 is 0.957 bits per heavy atom. The summed E-state index contributed by atoms with van der Waals surface area (Å²) in [6, 6.07) is 14.6. The van der Waals surface area contributed by atoms with Crippen molar-refractivity contribution in [2.24, 2.45) is 7.05 Å². The van der Waals surface area contributed by atoms with E-state index in [9.17, 15) is 14.4 Å². The SMILES string of the molecule is COc1cc([C@@H](C(=O)NC(C)(C)C)N(Cc2ccc3c(c2)OCO3)C(=O)Cc2nn(C)c(=O)c3ccccc23)cc(OC)c1OC. The van der Waals surface area contributed by atoms with Gasteiger partial charge in [0.15, 0.2) is 23.0 Å². The number of methoxy groups -OCH3 is 3. The standard InChI is InChI=1S/C34H38N4O8/c1-34(2,3)35-32(40)30(21-15-27(42-5)31(44-7)28(16-21)43-6)38(18-20-12-13-25-26(14-20)46-19-45-25)29(39)17-24-22-10-8-9-11-23(22)33(41)37(4)36-24/h8-16,30H,17-19H2,1-7H3,(H,35,40)/t30-/m0/s1. The molecule has 242 valence electrons. The summed E-state index contributed by atoms with van der Waals surface area (Å²) in [4.78, 5) is 43.2. The Morgan fingerprint density at radius 2 is 1.61 bits per heavy atom. The third-order valence-electron chi connectivity index (χ3n) is 7.52. The van der Waals surface area contributed by atoms with E-state index < -0.39 is 23.4 Å². The van der Waals surface area contributed by atoms with Crippen LogP contribution in [0.3, 0.4) is 0 Å². The molecule has 2 amide bonds. The van der Waals surface area contributed by atoms with Gasteiger partial charge in [-0.05, 0) is 62.2 Å². The molecule has 0 saturated heterocycles. The summed E-state index contributed by atoms with van der Waals surface area (Å²) in [6.45, 7) is 5.71. The maximum Gasteiger partial charge on any atom is 0.274 e. The first-order chi connectivity index (χ1) is 21.9. The van der Waals surface area contributed by atoms with Gasteiger partial charge < -0.3 is 33.9 Å². The van der Waals surface area contributed by atoms with Gasteiger partial charge in [0.05, 0.1) is 38.8 Å². The predicted octanol–water partition coefficient (Wildman–Crippen LogP) is 3.92. The monoisotopic (exact) mass is 630 g/mol. The molecular formula is C34H38N4O8. The van der Waals surface area contributed by atoms with Crippen molar-refractivity contribution in [3.05, 3.63) is 81.8 Å². The molecule has 12 heteroatoms. The van der Waals surface area contributed by atoms with Crippen LogP contribution in [0.1, 0.15) is 43.6 Å². The highest BCUT2D eigenvalue weighted by molar-refractivity contribution is 5.92. The van der Waals surface area contributed by atoms with Gasteiger partial charge in [-0.25, -0.2) is 4.68 Å². The number of nitrogens with zero attached hydrogens (tertiary/aromatic N) is 3. The average molecular weight is 631 g/mol. The van der Waals surface area contributed by atoms with Crippen LogP contribution < -0.4 is 34.6 Å². The van der Waals surface area contributed by atoms with E-state index in [0.29, 0.717) is 56.3 Å². The summed E-state index contributed by atoms with van der Waals surface area (Å²) in [6.07, 6.45) is -0.192. The van der Waals surface area contributed by atoms with Crippen LogP contribution in [0.4, 0.5) is 0 Å². The molecule has 4 aromatic rings. The first-order valence-electron chi connectivity index (χ1n) is 14.7. The number of amides is 2. The van der Waals surface area contributed by atoms with Crippen LogP contribution in [0.15, 0.2) is 59.4 Å². The van der Waals surface area contributed by atoms with Crippen molar-refractivity contribution in [2.75, 3.05) is 28.1 Å². The lowest BCUT2D eigenvalue weighted by Crippen LogP contribution is -2.49. The number of hydrogen-bond acceptors (Lipinski definition) is 9. The molecule has 1 atom stereocenters. The van der Waals surface area contributed by atoms with E-state index in [1.807, 2.05) is 26.8 Å². The minimum atomic E-state index is -1.15. The number of rotatable bonds is 10. The molecule has 1 aromatic heterocycles. The molecule has 1 N–H and O–H groups in total. The second kappa shape index (κ2) is 13.0. The summed E-state index contributed by atoms with van der Waals surface area (Å²) < 4.78 is 29.1. The van der Waals surface area contributed by atoms with Crippen molar-refractivity contribution in [3.63, 3.8) is 0 Å². The lowest BCUT2D eigenvalue weighted by Gasteiger charge is -2.34. The first-order valence-corrected chi connectivity index (χ1v) is 14.7. The number of carbonyl (C=O) groups is 2. The number of hydrogen-bond donors (Lipinski definition) is 1. The van der Waals surface area contributed by atoms with E-state index in [2.05, 4.69) is 10.4 Å². The van der Waals surface area contributed by atoms with Gasteiger partial charge in [-0.1, -0.05) is 24.3 Å². The molecule has 0 fully saturated rings. The van der Waals surface area contributed by atoms with Crippen LogP contribution >= 0.6 is 0 Å². The van der Waals surface area contributed by atoms with E-state index in [1.54, 1.807) is 55.6 Å². The molecule has 46 heavy (non-hydrogen) atoms. The molecule has 0 saturated carbocycles. The summed E-state index contributed by atoms with van der Waals surface area (Å²) in [7, 11) is 6.00. The second-order valence-corrected chi connectivity index (χ2v) is 11.9. The minimum Gasteiger partial charge on any atom is -0.493 e. The van der Waals surface area contributed by atoms with Crippen LogP contribution in [-0.2, 0) is 29.6 Å². The van der Waals surface area contributed by atoms with Crippen molar-refractivity contribution < 1.29 is 33.3 Å². The van der Waals surface area contributed by atoms with Gasteiger partial charge in [0.2, 0.25) is 24.4 Å². The normalized spacial score (nSPS) is 12.8. The molecule has 1 aliphatic rings. The van der Waals surface area contributed by atoms with E-state index in [-0.39, 0.29) is 25.3 Å². The van der Waals surface area contributed by atoms with E-state index in [1.165, 1.54) is 30.9 Å². The average Bonchev–Trinajstić information content (AvgIpc) is 3.50. The molecule has 0 spiro atoms. The number of ether oxygens (including phenoxy) is 5. The van der Waals surface area contributed by atoms with Crippen LogP contribution in [0.25, 0.3) is 10.8 Å². The van der Waals surface area contributed by atoms with Gasteiger partial charge >= 0.3 is 0 Å². The Labute approximate surface area is 266 Å². The summed E-state index contributed by atoms with van der Waals surface area (Å²) in [5.74, 6) is 1.30. The topological polar surface area (TPSA) is 130 Å². The number of aromatic nitrogens is 2. The zero-order valence-electron chi connectivity index (χ0n) is 27.0. The Bertz CT molecular complexity index is 1820. The smallest absolute Gasteiger partial charge is 0.274 e. The molecule has 2 heterocycles. The van der Waals surface area contributed by atoms with Gasteiger partial charge in [0.25, 0.3) is 5.56 Å². The maximum absolute atomic E-state index is 14.6. The Kier molecular flexibility index (Phi) is 9.08. The molecular weight excluding hydrogens is 592 g/mol. The van der Waals surface area contributed by atoms with Crippen LogP contribution in [-0.4, -0.2) is 60.2 Å². The van der Waals surface area contributed by atoms with E-state index in [0.717, 1.165) is 0 Å². The predicted molar refractivity (Wildman–Crippen MR) is 171 cm³/mol. The van der Waals surface area contributed by atoms with Gasteiger partial charge in [-0.15, -0.1) is 0 Å². The number of aryl methyl sites for hydroxylation is 1. The number of nitrogens with one attached hydrogen (secondary N) is 1. The van der Waals surface area contributed by atoms with Crippen molar-refractivity contribution in [2.45, 2.75) is 45.3 Å². The molecule has 5 rings (SSSR count). The molecule has 0 bridgehead atoms. The van der Waals surface area contributed by atoms with E-state index in [4.69, 9.17) is 23.7 Å². The highest BCUT2D eigenvalue weighted by atomic mass is 16.7. The second-order valence-electron chi connectivity index (χ2n) is 11.9. The third kappa shape index (κ3) is 6.56. The van der Waals surface area contributed by atoms with Gasteiger partial charge in [-0.2, -0.15) is 5.10 Å². The molecule has 3 aromatic carbocycles. The molecule has 12 nitrogen and oxygen atoms in total. The largest absolute Gasteiger partial charge is 0.493 e. The lowest BCUT2D eigenvalue weighted by atomic mass is 9.98. The van der Waals surface area contributed by atoms with Crippen LogP contribution in [0, 0.1) is 0 Å². The quantitative estimate of drug-likeness (QED) is 0.277. The highest BCUT2D eigenvalue weighted by Gasteiger charge is 2.35. The zero-order valence-corrected chi connectivity index (χ0v) is 27.0. The highest BCUT2D eigenvalue weighted by Crippen LogP contribution is 2.42. The Balaban J connectivity index is 1.68. The summed E-state index contributed by atoms with van der Waals surface area (Å²) >= 11 is 0. The maximum atomic E-state index is 14.6. The Hall–Kier alpha value is -5.26. The van der Waals surface area contributed by atoms with Gasteiger partial charge in [-0.3, -0.25) is 14.4 Å².